The van der Waals surface area contributed by atoms with E-state index in [4.69, 9.17) is 8.83 Å². The van der Waals surface area contributed by atoms with E-state index >= 15 is 0 Å². The SMILES string of the molecule is O=C(NCc1ccco1)c1cncc(C(=O)NCc2ccco2)c1. The van der Waals surface area contributed by atoms with Crippen LogP contribution in [0.5, 0.6) is 0 Å². The van der Waals surface area contributed by atoms with Gasteiger partial charge in [0.15, 0.2) is 0 Å². The van der Waals surface area contributed by atoms with Crippen LogP contribution in [-0.4, -0.2) is 16.8 Å². The molecule has 0 atom stereocenters. The first-order valence-electron chi connectivity index (χ1n) is 7.28. The highest BCUT2D eigenvalue weighted by Gasteiger charge is 2.12. The van der Waals surface area contributed by atoms with E-state index in [9.17, 15) is 9.59 Å². The molecule has 24 heavy (non-hydrogen) atoms. The highest BCUT2D eigenvalue weighted by atomic mass is 16.3. The monoisotopic (exact) mass is 325 g/mol. The number of carbonyl (C=O) groups excluding carboxylic acids is 2. The second-order valence-corrected chi connectivity index (χ2v) is 4.99. The molecule has 0 aliphatic heterocycles. The van der Waals surface area contributed by atoms with Crippen LogP contribution < -0.4 is 10.6 Å². The molecule has 0 aliphatic rings. The number of carbonyl (C=O) groups is 2. The van der Waals surface area contributed by atoms with Gasteiger partial charge in [-0.2, -0.15) is 0 Å². The number of rotatable bonds is 6. The van der Waals surface area contributed by atoms with E-state index in [0.29, 0.717) is 22.6 Å². The molecule has 2 N–H and O–H groups in total. The van der Waals surface area contributed by atoms with Crippen molar-refractivity contribution in [3.05, 3.63) is 77.9 Å². The molecule has 0 aliphatic carbocycles. The van der Waals surface area contributed by atoms with Gasteiger partial charge in [0.25, 0.3) is 11.8 Å². The maximum atomic E-state index is 12.1. The van der Waals surface area contributed by atoms with E-state index in [1.54, 1.807) is 24.3 Å². The summed E-state index contributed by atoms with van der Waals surface area (Å²) in [5.41, 5.74) is 0.597. The Labute approximate surface area is 137 Å². The van der Waals surface area contributed by atoms with E-state index < -0.39 is 0 Å². The number of hydrogen-bond acceptors (Lipinski definition) is 5. The molecule has 3 rings (SSSR count). The summed E-state index contributed by atoms with van der Waals surface area (Å²) in [7, 11) is 0. The minimum atomic E-state index is -0.334. The zero-order chi connectivity index (χ0) is 16.8. The molecule has 2 amide bonds. The molecule has 3 aromatic rings. The Hall–Kier alpha value is -3.35. The molecule has 7 heteroatoms. The van der Waals surface area contributed by atoms with Crippen LogP contribution in [0.15, 0.2) is 64.1 Å². The molecular formula is C17H15N3O4. The van der Waals surface area contributed by atoms with Crippen LogP contribution in [-0.2, 0) is 13.1 Å². The van der Waals surface area contributed by atoms with Crippen molar-refractivity contribution >= 4 is 11.8 Å². The van der Waals surface area contributed by atoms with Crippen LogP contribution in [0.2, 0.25) is 0 Å². The Bertz CT molecular complexity index is 745. The maximum absolute atomic E-state index is 12.1. The van der Waals surface area contributed by atoms with Gasteiger partial charge in [0.2, 0.25) is 0 Å². The van der Waals surface area contributed by atoms with Crippen molar-refractivity contribution < 1.29 is 18.4 Å². The van der Waals surface area contributed by atoms with E-state index in [1.165, 1.54) is 31.0 Å². The predicted octanol–water partition coefficient (Wildman–Crippen LogP) is 2.13. The first-order chi connectivity index (χ1) is 11.7. The van der Waals surface area contributed by atoms with Crippen LogP contribution in [0, 0.1) is 0 Å². The molecule has 0 radical (unpaired) electrons. The van der Waals surface area contributed by atoms with Crippen molar-refractivity contribution in [2.75, 3.05) is 0 Å². The molecule has 0 saturated carbocycles. The minimum absolute atomic E-state index is 0.265. The summed E-state index contributed by atoms with van der Waals surface area (Å²) in [4.78, 5) is 28.2. The molecule has 0 saturated heterocycles. The number of furan rings is 2. The fraction of sp³-hybridized carbons (Fsp3) is 0.118. The number of nitrogens with zero attached hydrogens (tertiary/aromatic N) is 1. The van der Waals surface area contributed by atoms with Crippen molar-refractivity contribution in [1.29, 1.82) is 0 Å². The third-order valence-corrected chi connectivity index (χ3v) is 3.27. The summed E-state index contributed by atoms with van der Waals surface area (Å²) in [6, 6.07) is 8.50. The van der Waals surface area contributed by atoms with Crippen molar-refractivity contribution in [3.63, 3.8) is 0 Å². The van der Waals surface area contributed by atoms with Crippen LogP contribution in [0.25, 0.3) is 0 Å². The second-order valence-electron chi connectivity index (χ2n) is 4.99. The van der Waals surface area contributed by atoms with Gasteiger partial charge < -0.3 is 19.5 Å². The molecule has 3 heterocycles. The van der Waals surface area contributed by atoms with Crippen LogP contribution in [0.4, 0.5) is 0 Å². The van der Waals surface area contributed by atoms with Gasteiger partial charge >= 0.3 is 0 Å². The topological polar surface area (TPSA) is 97.4 Å². The first kappa shape index (κ1) is 15.5. The molecule has 0 fully saturated rings. The van der Waals surface area contributed by atoms with E-state index in [-0.39, 0.29) is 24.9 Å². The molecule has 0 unspecified atom stereocenters. The van der Waals surface area contributed by atoms with Gasteiger partial charge in [-0.25, -0.2) is 0 Å². The average molecular weight is 325 g/mol. The number of nitrogens with one attached hydrogen (secondary N) is 2. The lowest BCUT2D eigenvalue weighted by atomic mass is 10.2. The summed E-state index contributed by atoms with van der Waals surface area (Å²) < 4.78 is 10.3. The highest BCUT2D eigenvalue weighted by Crippen LogP contribution is 2.06. The largest absolute Gasteiger partial charge is 0.467 e. The molecule has 0 aromatic carbocycles. The quantitative estimate of drug-likeness (QED) is 0.723. The lowest BCUT2D eigenvalue weighted by molar-refractivity contribution is 0.0947. The summed E-state index contributed by atoms with van der Waals surface area (Å²) in [6.45, 7) is 0.529. The minimum Gasteiger partial charge on any atom is -0.467 e. The van der Waals surface area contributed by atoms with Crippen molar-refractivity contribution in [2.45, 2.75) is 13.1 Å². The Morgan fingerprint density at radius 1 is 0.875 bits per heavy atom. The van der Waals surface area contributed by atoms with Gasteiger partial charge in [0.05, 0.1) is 36.7 Å². The third kappa shape index (κ3) is 3.89. The van der Waals surface area contributed by atoms with Gasteiger partial charge in [-0.1, -0.05) is 0 Å². The zero-order valence-electron chi connectivity index (χ0n) is 12.7. The van der Waals surface area contributed by atoms with Crippen LogP contribution in [0.1, 0.15) is 32.2 Å². The molecule has 122 valence electrons. The molecule has 7 nitrogen and oxygen atoms in total. The molecule has 0 spiro atoms. The summed E-state index contributed by atoms with van der Waals surface area (Å²) in [5, 5.41) is 5.40. The standard InChI is InChI=1S/C17H15N3O4/c21-16(19-10-14-3-1-5-23-14)12-7-13(9-18-8-12)17(22)20-11-15-4-2-6-24-15/h1-9H,10-11H2,(H,19,21)(H,20,22). The van der Waals surface area contributed by atoms with E-state index in [2.05, 4.69) is 15.6 Å². The van der Waals surface area contributed by atoms with Crippen molar-refractivity contribution in [2.24, 2.45) is 0 Å². The van der Waals surface area contributed by atoms with Crippen LogP contribution >= 0.6 is 0 Å². The maximum Gasteiger partial charge on any atom is 0.253 e. The molecule has 0 bridgehead atoms. The molecular weight excluding hydrogens is 310 g/mol. The normalized spacial score (nSPS) is 10.3. The Kier molecular flexibility index (Phi) is 4.71. The fourth-order valence-corrected chi connectivity index (χ4v) is 2.05. The Morgan fingerprint density at radius 3 is 1.79 bits per heavy atom. The number of pyridine rings is 1. The van der Waals surface area contributed by atoms with Gasteiger partial charge in [-0.15, -0.1) is 0 Å². The average Bonchev–Trinajstić information content (AvgIpc) is 3.31. The smallest absolute Gasteiger partial charge is 0.253 e. The lowest BCUT2D eigenvalue weighted by Crippen LogP contribution is -2.25. The number of aromatic nitrogens is 1. The summed E-state index contributed by atoms with van der Waals surface area (Å²) in [5.74, 6) is 0.617. The van der Waals surface area contributed by atoms with Gasteiger partial charge in [-0.3, -0.25) is 14.6 Å². The van der Waals surface area contributed by atoms with Crippen LogP contribution in [0.3, 0.4) is 0 Å². The molecule has 3 aromatic heterocycles. The fourth-order valence-electron chi connectivity index (χ4n) is 2.05. The number of hydrogen-bond donors (Lipinski definition) is 2. The van der Waals surface area contributed by atoms with Gasteiger partial charge in [0.1, 0.15) is 11.5 Å². The van der Waals surface area contributed by atoms with E-state index in [1.807, 2.05) is 0 Å². The van der Waals surface area contributed by atoms with Crippen molar-refractivity contribution in [1.82, 2.24) is 15.6 Å². The summed E-state index contributed by atoms with van der Waals surface area (Å²) >= 11 is 0. The highest BCUT2D eigenvalue weighted by molar-refractivity contribution is 5.99. The first-order valence-corrected chi connectivity index (χ1v) is 7.28. The Morgan fingerprint density at radius 2 is 1.38 bits per heavy atom. The van der Waals surface area contributed by atoms with Crippen molar-refractivity contribution in [3.8, 4) is 0 Å². The third-order valence-electron chi connectivity index (χ3n) is 3.27. The number of amides is 2. The second kappa shape index (κ2) is 7.28. The Balaban J connectivity index is 1.60. The lowest BCUT2D eigenvalue weighted by Gasteiger charge is -2.06. The van der Waals surface area contributed by atoms with Gasteiger partial charge in [0, 0.05) is 12.4 Å². The predicted molar refractivity (Wildman–Crippen MR) is 84.0 cm³/mol. The van der Waals surface area contributed by atoms with Gasteiger partial charge in [-0.05, 0) is 30.3 Å². The zero-order valence-corrected chi connectivity index (χ0v) is 12.7. The van der Waals surface area contributed by atoms with E-state index in [0.717, 1.165) is 0 Å². The summed E-state index contributed by atoms with van der Waals surface area (Å²) in [6.07, 6.45) is 5.88.